The van der Waals surface area contributed by atoms with Crippen LogP contribution in [0.5, 0.6) is 11.6 Å². The molecule has 2 aromatic rings. The van der Waals surface area contributed by atoms with Crippen LogP contribution in [0, 0.1) is 12.7 Å². The molecule has 0 saturated carbocycles. The molecule has 4 heteroatoms. The first kappa shape index (κ1) is 15.8. The summed E-state index contributed by atoms with van der Waals surface area (Å²) in [6, 6.07) is 7.39. The van der Waals surface area contributed by atoms with Crippen LogP contribution in [-0.4, -0.2) is 4.98 Å². The molecule has 0 spiro atoms. The largest absolute Gasteiger partial charge is 0.436 e. The third-order valence-corrected chi connectivity index (χ3v) is 3.52. The van der Waals surface area contributed by atoms with Crippen LogP contribution in [-0.2, 0) is 11.3 Å². The van der Waals surface area contributed by atoms with E-state index in [0.717, 1.165) is 11.1 Å². The van der Waals surface area contributed by atoms with E-state index in [1.54, 1.807) is 6.07 Å². The number of aromatic nitrogens is 1. The molecule has 112 valence electrons. The SMILES string of the molecule is Cc1ccc(Oc2nccc(CCl)c2F)c(C(C)(C)C)c1. The van der Waals surface area contributed by atoms with Crippen molar-refractivity contribution in [3.05, 3.63) is 53.0 Å². The first-order chi connectivity index (χ1) is 9.82. The van der Waals surface area contributed by atoms with Gasteiger partial charge in [0.15, 0.2) is 5.82 Å². The van der Waals surface area contributed by atoms with E-state index in [4.69, 9.17) is 16.3 Å². The lowest BCUT2D eigenvalue weighted by molar-refractivity contribution is 0.406. The van der Waals surface area contributed by atoms with E-state index in [9.17, 15) is 4.39 Å². The van der Waals surface area contributed by atoms with Gasteiger partial charge < -0.3 is 4.74 Å². The van der Waals surface area contributed by atoms with Gasteiger partial charge in [-0.25, -0.2) is 9.37 Å². The molecule has 0 unspecified atom stereocenters. The maximum absolute atomic E-state index is 14.2. The lowest BCUT2D eigenvalue weighted by Gasteiger charge is -2.23. The summed E-state index contributed by atoms with van der Waals surface area (Å²) in [4.78, 5) is 3.97. The van der Waals surface area contributed by atoms with Crippen LogP contribution in [0.4, 0.5) is 4.39 Å². The van der Waals surface area contributed by atoms with Gasteiger partial charge in [0.2, 0.25) is 0 Å². The number of nitrogens with zero attached hydrogens (tertiary/aromatic N) is 1. The second-order valence-electron chi connectivity index (χ2n) is 6.07. The Labute approximate surface area is 129 Å². The number of alkyl halides is 1. The van der Waals surface area contributed by atoms with E-state index >= 15 is 0 Å². The molecule has 0 aliphatic heterocycles. The molecule has 2 nitrogen and oxygen atoms in total. The Morgan fingerprint density at radius 2 is 1.95 bits per heavy atom. The van der Waals surface area contributed by atoms with E-state index in [1.165, 1.54) is 6.20 Å². The molecule has 0 N–H and O–H groups in total. The number of hydrogen-bond donors (Lipinski definition) is 0. The maximum Gasteiger partial charge on any atom is 0.256 e. The minimum Gasteiger partial charge on any atom is -0.436 e. The Hall–Kier alpha value is -1.61. The molecular weight excluding hydrogens is 289 g/mol. The van der Waals surface area contributed by atoms with Gasteiger partial charge in [0.05, 0.1) is 5.88 Å². The maximum atomic E-state index is 14.2. The van der Waals surface area contributed by atoms with Crippen LogP contribution in [0.15, 0.2) is 30.5 Å². The lowest BCUT2D eigenvalue weighted by Crippen LogP contribution is -2.13. The molecule has 0 saturated heterocycles. The van der Waals surface area contributed by atoms with E-state index in [-0.39, 0.29) is 17.2 Å². The lowest BCUT2D eigenvalue weighted by atomic mass is 9.85. The second kappa shape index (κ2) is 6.02. The highest BCUT2D eigenvalue weighted by Crippen LogP contribution is 2.35. The van der Waals surface area contributed by atoms with Crippen molar-refractivity contribution in [2.45, 2.75) is 39.0 Å². The quantitative estimate of drug-likeness (QED) is 0.712. The summed E-state index contributed by atoms with van der Waals surface area (Å²) < 4.78 is 19.9. The van der Waals surface area contributed by atoms with Crippen molar-refractivity contribution in [2.24, 2.45) is 0 Å². The molecule has 0 aliphatic carbocycles. The van der Waals surface area contributed by atoms with Crippen molar-refractivity contribution in [2.75, 3.05) is 0 Å². The van der Waals surface area contributed by atoms with Crippen LogP contribution in [0.2, 0.25) is 0 Å². The predicted octanol–water partition coefficient (Wildman–Crippen LogP) is 5.36. The number of pyridine rings is 1. The number of hydrogen-bond acceptors (Lipinski definition) is 2. The Kier molecular flexibility index (Phi) is 4.52. The highest BCUT2D eigenvalue weighted by Gasteiger charge is 2.21. The van der Waals surface area contributed by atoms with Crippen LogP contribution in [0.25, 0.3) is 0 Å². The van der Waals surface area contributed by atoms with Gasteiger partial charge in [-0.05, 0) is 24.5 Å². The van der Waals surface area contributed by atoms with Gasteiger partial charge >= 0.3 is 0 Å². The first-order valence-corrected chi connectivity index (χ1v) is 7.34. The molecule has 0 amide bonds. The second-order valence-corrected chi connectivity index (χ2v) is 6.34. The van der Waals surface area contributed by atoms with Crippen molar-refractivity contribution >= 4 is 11.6 Å². The molecule has 1 aromatic carbocycles. The van der Waals surface area contributed by atoms with E-state index in [1.807, 2.05) is 19.1 Å². The molecule has 0 radical (unpaired) electrons. The monoisotopic (exact) mass is 307 g/mol. The van der Waals surface area contributed by atoms with Gasteiger partial charge in [-0.15, -0.1) is 11.6 Å². The Morgan fingerprint density at radius 1 is 1.24 bits per heavy atom. The molecular formula is C17H19ClFNO. The summed E-state index contributed by atoms with van der Waals surface area (Å²) >= 11 is 5.71. The summed E-state index contributed by atoms with van der Waals surface area (Å²) in [5.41, 5.74) is 2.42. The third-order valence-electron chi connectivity index (χ3n) is 3.23. The van der Waals surface area contributed by atoms with Crippen molar-refractivity contribution in [3.8, 4) is 11.6 Å². The number of aryl methyl sites for hydroxylation is 1. The van der Waals surface area contributed by atoms with E-state index in [0.29, 0.717) is 11.3 Å². The normalized spacial score (nSPS) is 11.5. The van der Waals surface area contributed by atoms with Crippen LogP contribution >= 0.6 is 11.6 Å². The number of ether oxygens (including phenoxy) is 1. The molecule has 0 atom stereocenters. The van der Waals surface area contributed by atoms with Gasteiger partial charge in [0, 0.05) is 17.3 Å². The molecule has 0 bridgehead atoms. The fourth-order valence-electron chi connectivity index (χ4n) is 2.06. The molecule has 1 aromatic heterocycles. The van der Waals surface area contributed by atoms with Gasteiger partial charge in [-0.3, -0.25) is 0 Å². The first-order valence-electron chi connectivity index (χ1n) is 6.81. The zero-order valence-electron chi connectivity index (χ0n) is 12.7. The summed E-state index contributed by atoms with van der Waals surface area (Å²) in [6.07, 6.45) is 1.50. The van der Waals surface area contributed by atoms with Crippen LogP contribution in [0.3, 0.4) is 0 Å². The highest BCUT2D eigenvalue weighted by molar-refractivity contribution is 6.17. The third kappa shape index (κ3) is 3.53. The summed E-state index contributed by atoms with van der Waals surface area (Å²) in [5, 5.41) is 0. The minimum absolute atomic E-state index is 0.0393. The van der Waals surface area contributed by atoms with Gasteiger partial charge in [0.1, 0.15) is 5.75 Å². The smallest absolute Gasteiger partial charge is 0.256 e. The van der Waals surface area contributed by atoms with Gasteiger partial charge in [0.25, 0.3) is 5.88 Å². The highest BCUT2D eigenvalue weighted by atomic mass is 35.5. The molecule has 0 fully saturated rings. The van der Waals surface area contributed by atoms with Gasteiger partial charge in [-0.2, -0.15) is 0 Å². The van der Waals surface area contributed by atoms with Gasteiger partial charge in [-0.1, -0.05) is 38.5 Å². The van der Waals surface area contributed by atoms with Crippen molar-refractivity contribution < 1.29 is 9.13 Å². The van der Waals surface area contributed by atoms with Crippen molar-refractivity contribution in [1.82, 2.24) is 4.98 Å². The predicted molar refractivity (Wildman–Crippen MR) is 83.7 cm³/mol. The average molecular weight is 308 g/mol. The Morgan fingerprint density at radius 3 is 2.57 bits per heavy atom. The zero-order valence-corrected chi connectivity index (χ0v) is 13.5. The fraction of sp³-hybridized carbons (Fsp3) is 0.353. The Balaban J connectivity index is 2.45. The van der Waals surface area contributed by atoms with Crippen molar-refractivity contribution in [3.63, 3.8) is 0 Å². The van der Waals surface area contributed by atoms with Crippen LogP contribution < -0.4 is 4.74 Å². The summed E-state index contributed by atoms with van der Waals surface area (Å²) in [7, 11) is 0. The topological polar surface area (TPSA) is 22.1 Å². The number of halogens is 2. The zero-order chi connectivity index (χ0) is 15.6. The summed E-state index contributed by atoms with van der Waals surface area (Å²) in [5.74, 6) is 0.159. The Bertz CT molecular complexity index is 650. The number of benzene rings is 1. The molecule has 0 aliphatic rings. The van der Waals surface area contributed by atoms with E-state index < -0.39 is 5.82 Å². The minimum atomic E-state index is -0.507. The molecule has 2 rings (SSSR count). The molecule has 21 heavy (non-hydrogen) atoms. The van der Waals surface area contributed by atoms with Crippen molar-refractivity contribution in [1.29, 1.82) is 0 Å². The number of rotatable bonds is 3. The standard InChI is InChI=1S/C17H19ClFNO/c1-11-5-6-14(13(9-11)17(2,3)4)21-16-15(19)12(10-18)7-8-20-16/h5-9H,10H2,1-4H3. The van der Waals surface area contributed by atoms with Crippen LogP contribution in [0.1, 0.15) is 37.5 Å². The summed E-state index contributed by atoms with van der Waals surface area (Å²) in [6.45, 7) is 8.29. The van der Waals surface area contributed by atoms with E-state index in [2.05, 4.69) is 31.8 Å². The average Bonchev–Trinajstić information content (AvgIpc) is 2.42. The fourth-order valence-corrected chi connectivity index (χ4v) is 2.27. The molecule has 1 heterocycles.